The van der Waals surface area contributed by atoms with Crippen molar-refractivity contribution in [3.05, 3.63) is 133 Å². The topological polar surface area (TPSA) is 161 Å². The first-order valence-corrected chi connectivity index (χ1v) is 25.5. The van der Waals surface area contributed by atoms with Crippen LogP contribution in [0.15, 0.2) is 132 Å². The SMILES string of the molecule is C=CCC1(CC(C)C)C(=O)NC(=O)NC1=O.CC(CN1c2ccccc2Sc2ccccc21)N(C)C.COc1ccc2cc([C@H](C)C(=O)O)ccc2c1.COc1cccc([C@@]2(O)CCCC[C@@H]2CN(C)C)c1. The smallest absolute Gasteiger partial charge is 0.328 e. The number of allylic oxidation sites excluding steroid dienone is 1. The summed E-state index contributed by atoms with van der Waals surface area (Å²) in [6.07, 6.45) is 6.39. The number of aliphatic carboxylic acids is 1. The second-order valence-electron chi connectivity index (χ2n) is 19.8. The number of urea groups is 1. The Hall–Kier alpha value is -6.19. The van der Waals surface area contributed by atoms with Crippen LogP contribution in [0.2, 0.25) is 0 Å². The van der Waals surface area contributed by atoms with Gasteiger partial charge < -0.3 is 34.4 Å². The molecule has 0 radical (unpaired) electrons. The Morgan fingerprint density at radius 1 is 0.806 bits per heavy atom. The number of carbonyl (C=O) groups is 4. The van der Waals surface area contributed by atoms with Gasteiger partial charge in [0.1, 0.15) is 16.9 Å². The minimum absolute atomic E-state index is 0.171. The van der Waals surface area contributed by atoms with E-state index in [-0.39, 0.29) is 12.3 Å². The third kappa shape index (κ3) is 14.3. The van der Waals surface area contributed by atoms with Crippen molar-refractivity contribution in [3.8, 4) is 11.5 Å². The van der Waals surface area contributed by atoms with Gasteiger partial charge in [-0.3, -0.25) is 25.0 Å². The molecule has 0 bridgehead atoms. The third-order valence-corrected chi connectivity index (χ3v) is 14.7. The molecule has 4 amide bonds. The van der Waals surface area contributed by atoms with Crippen molar-refractivity contribution in [3.63, 3.8) is 0 Å². The molecule has 4 N–H and O–H groups in total. The van der Waals surface area contributed by atoms with Crippen molar-refractivity contribution in [2.24, 2.45) is 17.3 Å². The predicted octanol–water partition coefficient (Wildman–Crippen LogP) is 10.9. The summed E-state index contributed by atoms with van der Waals surface area (Å²) >= 11 is 1.87. The van der Waals surface area contributed by atoms with Gasteiger partial charge in [0, 0.05) is 34.8 Å². The third-order valence-electron chi connectivity index (χ3n) is 13.6. The zero-order chi connectivity index (χ0) is 52.8. The number of hydrogen-bond donors (Lipinski definition) is 4. The Bertz CT molecular complexity index is 2590. The number of hydrogen-bond acceptors (Lipinski definition) is 11. The zero-order valence-corrected chi connectivity index (χ0v) is 44.6. The van der Waals surface area contributed by atoms with E-state index >= 15 is 0 Å². The van der Waals surface area contributed by atoms with Gasteiger partial charge >= 0.3 is 12.0 Å². The van der Waals surface area contributed by atoms with Crippen LogP contribution in [0.5, 0.6) is 11.5 Å². The molecular weight excluding hydrogens is 927 g/mol. The molecule has 2 heterocycles. The number of para-hydroxylation sites is 2. The number of fused-ring (bicyclic) bond motifs is 3. The number of likely N-dealkylation sites (N-methyl/N-ethyl adjacent to an activating group) is 1. The summed E-state index contributed by atoms with van der Waals surface area (Å²) in [5.74, 6) is -0.270. The summed E-state index contributed by atoms with van der Waals surface area (Å²) in [6.45, 7) is 13.3. The molecule has 0 aromatic heterocycles. The molecule has 2 aliphatic heterocycles. The van der Waals surface area contributed by atoms with E-state index in [4.69, 9.17) is 14.6 Å². The fourth-order valence-corrected chi connectivity index (χ4v) is 10.4. The van der Waals surface area contributed by atoms with Crippen LogP contribution in [0.25, 0.3) is 10.8 Å². The minimum Gasteiger partial charge on any atom is -0.497 e. The number of carboxylic acid groups (broad SMARTS) is 1. The van der Waals surface area contributed by atoms with Gasteiger partial charge in [0.25, 0.3) is 0 Å². The lowest BCUT2D eigenvalue weighted by Gasteiger charge is -2.41. The quantitative estimate of drug-likeness (QED) is 0.0617. The summed E-state index contributed by atoms with van der Waals surface area (Å²) in [6, 6.07) is 36.4. The van der Waals surface area contributed by atoms with Crippen LogP contribution in [-0.2, 0) is 20.0 Å². The average Bonchev–Trinajstić information content (AvgIpc) is 3.36. The summed E-state index contributed by atoms with van der Waals surface area (Å²) in [7, 11) is 11.7. The molecule has 1 aliphatic carbocycles. The summed E-state index contributed by atoms with van der Waals surface area (Å²) in [4.78, 5) is 55.1. The number of carbonyl (C=O) groups excluding carboxylic acids is 3. The molecule has 8 rings (SSSR count). The molecular formula is C58H75N5O8S. The Labute approximate surface area is 431 Å². The molecule has 5 aromatic rings. The highest BCUT2D eigenvalue weighted by Crippen LogP contribution is 2.48. The van der Waals surface area contributed by atoms with Gasteiger partial charge in [-0.1, -0.05) is 105 Å². The van der Waals surface area contributed by atoms with Crippen LogP contribution in [0.4, 0.5) is 16.2 Å². The van der Waals surface area contributed by atoms with Crippen molar-refractivity contribution in [2.45, 2.75) is 93.6 Å². The van der Waals surface area contributed by atoms with E-state index in [0.29, 0.717) is 18.4 Å². The van der Waals surface area contributed by atoms with Gasteiger partial charge in [-0.15, -0.1) is 6.58 Å². The number of aliphatic hydroxyl groups is 1. The first-order chi connectivity index (χ1) is 34.3. The number of barbiturate groups is 1. The molecule has 3 aliphatic rings. The molecule has 1 saturated carbocycles. The number of amides is 4. The van der Waals surface area contributed by atoms with Gasteiger partial charge in [-0.25, -0.2) is 4.79 Å². The number of methoxy groups -OCH3 is 2. The van der Waals surface area contributed by atoms with Crippen LogP contribution in [-0.4, -0.2) is 105 Å². The highest BCUT2D eigenvalue weighted by molar-refractivity contribution is 7.99. The Morgan fingerprint density at radius 3 is 1.94 bits per heavy atom. The van der Waals surface area contributed by atoms with Gasteiger partial charge in [0.05, 0.1) is 37.1 Å². The molecule has 2 fully saturated rings. The zero-order valence-electron chi connectivity index (χ0n) is 43.7. The fourth-order valence-electron chi connectivity index (χ4n) is 9.35. The Morgan fingerprint density at radius 2 is 1.39 bits per heavy atom. The highest BCUT2D eigenvalue weighted by Gasteiger charge is 2.49. The van der Waals surface area contributed by atoms with Crippen molar-refractivity contribution in [1.29, 1.82) is 0 Å². The Kier molecular flexibility index (Phi) is 20.5. The number of nitrogens with one attached hydrogen (secondary N) is 2. The summed E-state index contributed by atoms with van der Waals surface area (Å²) < 4.78 is 10.4. The van der Waals surface area contributed by atoms with Crippen molar-refractivity contribution >= 4 is 57.7 Å². The first-order valence-electron chi connectivity index (χ1n) is 24.7. The molecule has 1 unspecified atom stereocenters. The van der Waals surface area contributed by atoms with Crippen LogP contribution in [0, 0.1) is 17.3 Å². The van der Waals surface area contributed by atoms with Gasteiger partial charge in [0.2, 0.25) is 11.8 Å². The number of imide groups is 2. The molecule has 1 saturated heterocycles. The number of benzene rings is 5. The molecule has 14 heteroatoms. The molecule has 13 nitrogen and oxygen atoms in total. The molecule has 0 spiro atoms. The summed E-state index contributed by atoms with van der Waals surface area (Å²) in [5.41, 5.74) is 2.56. The molecule has 5 aromatic carbocycles. The largest absolute Gasteiger partial charge is 0.497 e. The van der Waals surface area contributed by atoms with Crippen molar-refractivity contribution in [2.75, 3.05) is 60.4 Å². The maximum atomic E-state index is 11.8. The lowest BCUT2D eigenvalue weighted by Crippen LogP contribution is -2.62. The monoisotopic (exact) mass is 1000 g/mol. The average molecular weight is 1000 g/mol. The van der Waals surface area contributed by atoms with E-state index < -0.39 is 40.7 Å². The molecule has 72 heavy (non-hydrogen) atoms. The van der Waals surface area contributed by atoms with Crippen LogP contribution >= 0.6 is 11.8 Å². The number of carboxylic acids is 1. The first kappa shape index (κ1) is 56.7. The number of nitrogens with zero attached hydrogens (tertiary/aromatic N) is 3. The standard InChI is InChI=1S/C17H20N2S.C16H25NO2.C14H14O3.C11H16N2O3/c1-13(18(2)3)12-19-14-8-4-6-10-16(14)20-17-11-7-5-9-15(17)19;1-17(2)12-14-7-4-5-10-16(14,18)13-8-6-9-15(11-13)19-3;1-9(14(15)16)10-3-4-12-8-13(17-2)6-5-11(12)7-10;1-4-5-11(6-7(2)3)8(14)12-10(16)13-9(11)15/h4-11,13H,12H2,1-3H3;6,8-9,11,14,18H,4-5,7,10,12H2,1-3H3;3-9H,1-2H3,(H,15,16);4,7H,1,5-6H2,2-3H3,(H2,12,13,14,15,16)/t;14-,16+;9-;/m.10./s1. The maximum Gasteiger partial charge on any atom is 0.328 e. The van der Waals surface area contributed by atoms with E-state index in [1.54, 1.807) is 21.1 Å². The lowest BCUT2D eigenvalue weighted by atomic mass is 9.71. The van der Waals surface area contributed by atoms with Gasteiger partial charge in [-0.2, -0.15) is 0 Å². The Balaban J connectivity index is 0.000000179. The lowest BCUT2D eigenvalue weighted by molar-refractivity contribution is -0.145. The highest BCUT2D eigenvalue weighted by atomic mass is 32.2. The molecule has 386 valence electrons. The van der Waals surface area contributed by atoms with E-state index in [2.05, 4.69) is 116 Å². The maximum absolute atomic E-state index is 11.8. The second kappa shape index (κ2) is 26.0. The minimum atomic E-state index is -1.19. The van der Waals surface area contributed by atoms with E-state index in [9.17, 15) is 24.3 Å². The number of ether oxygens (including phenoxy) is 2. The number of rotatable bonds is 14. The van der Waals surface area contributed by atoms with Crippen molar-refractivity contribution < 1.29 is 38.9 Å². The van der Waals surface area contributed by atoms with Crippen LogP contribution in [0.1, 0.15) is 83.3 Å². The van der Waals surface area contributed by atoms with Crippen molar-refractivity contribution in [1.82, 2.24) is 20.4 Å². The number of anilines is 2. The van der Waals surface area contributed by atoms with Gasteiger partial charge in [0.15, 0.2) is 0 Å². The fraction of sp³-hybridized carbons (Fsp3) is 0.414. The second-order valence-corrected chi connectivity index (χ2v) is 20.8. The summed E-state index contributed by atoms with van der Waals surface area (Å²) in [5, 5.41) is 26.5. The van der Waals surface area contributed by atoms with E-state index in [0.717, 1.165) is 65.8 Å². The van der Waals surface area contributed by atoms with Crippen LogP contribution in [0.3, 0.4) is 0 Å². The van der Waals surface area contributed by atoms with Crippen LogP contribution < -0.4 is 25.0 Å². The van der Waals surface area contributed by atoms with E-state index in [1.807, 2.05) is 86.3 Å². The van der Waals surface area contributed by atoms with E-state index in [1.165, 1.54) is 33.7 Å². The predicted molar refractivity (Wildman–Crippen MR) is 289 cm³/mol. The molecule has 4 atom stereocenters. The normalized spacial score (nSPS) is 18.6. The van der Waals surface area contributed by atoms with Gasteiger partial charge in [-0.05, 0) is 144 Å².